The molecule has 1 rings (SSSR count). The van der Waals surface area contributed by atoms with E-state index >= 15 is 0 Å². The summed E-state index contributed by atoms with van der Waals surface area (Å²) < 4.78 is 24.7. The Morgan fingerprint density at radius 3 is 2.50 bits per heavy atom. The minimum atomic E-state index is -3.47. The van der Waals surface area contributed by atoms with Gasteiger partial charge in [0, 0.05) is 18.9 Å². The van der Waals surface area contributed by atoms with Crippen LogP contribution in [0.15, 0.2) is 0 Å². The first-order valence-corrected chi connectivity index (χ1v) is 6.07. The molecular formula is C8H12N2O3S. The second kappa shape index (κ2) is 4.53. The van der Waals surface area contributed by atoms with E-state index in [4.69, 9.17) is 5.26 Å². The van der Waals surface area contributed by atoms with Crippen LogP contribution in [0.4, 0.5) is 0 Å². The molecule has 0 atom stereocenters. The maximum Gasteiger partial charge on any atom is 0.225 e. The van der Waals surface area contributed by atoms with E-state index in [1.807, 2.05) is 0 Å². The van der Waals surface area contributed by atoms with Crippen LogP contribution in [0.2, 0.25) is 0 Å². The molecule has 0 saturated heterocycles. The molecule has 0 unspecified atom stereocenters. The molecule has 0 spiro atoms. The lowest BCUT2D eigenvalue weighted by Crippen LogP contribution is -2.38. The van der Waals surface area contributed by atoms with Crippen molar-refractivity contribution in [2.75, 3.05) is 5.75 Å². The lowest BCUT2D eigenvalue weighted by atomic mass is 9.95. The minimum absolute atomic E-state index is 0.175. The van der Waals surface area contributed by atoms with Crippen LogP contribution in [0.5, 0.6) is 0 Å². The summed E-state index contributed by atoms with van der Waals surface area (Å²) in [6.07, 6.45) is 1.95. The summed E-state index contributed by atoms with van der Waals surface area (Å²) in [7, 11) is -3.47. The predicted octanol–water partition coefficient (Wildman–Crippen LogP) is -0.0589. The van der Waals surface area contributed by atoms with E-state index in [0.29, 0.717) is 25.7 Å². The summed E-state index contributed by atoms with van der Waals surface area (Å²) >= 11 is 0. The molecule has 1 aliphatic carbocycles. The van der Waals surface area contributed by atoms with Crippen LogP contribution >= 0.6 is 0 Å². The minimum Gasteiger partial charge on any atom is -0.300 e. The summed E-state index contributed by atoms with van der Waals surface area (Å²) in [5, 5.41) is 8.25. The first-order chi connectivity index (χ1) is 6.53. The normalized spacial score (nSPS) is 19.2. The maximum atomic E-state index is 11.2. The van der Waals surface area contributed by atoms with Gasteiger partial charge in [-0.15, -0.1) is 0 Å². The molecule has 0 aromatic carbocycles. The number of Topliss-reactive ketones (excluding diaryl/α,β-unsaturated/α-hetero) is 1. The van der Waals surface area contributed by atoms with E-state index in [9.17, 15) is 13.2 Å². The van der Waals surface area contributed by atoms with E-state index in [-0.39, 0.29) is 11.8 Å². The van der Waals surface area contributed by atoms with E-state index in [1.54, 1.807) is 6.07 Å². The average molecular weight is 216 g/mol. The van der Waals surface area contributed by atoms with Crippen LogP contribution in [0.1, 0.15) is 25.7 Å². The molecule has 0 heterocycles. The number of carbonyl (C=O) groups excluding carboxylic acids is 1. The Kier molecular flexibility index (Phi) is 3.61. The molecule has 6 heteroatoms. The number of hydrogen-bond acceptors (Lipinski definition) is 4. The van der Waals surface area contributed by atoms with Gasteiger partial charge in [-0.1, -0.05) is 0 Å². The van der Waals surface area contributed by atoms with Crippen LogP contribution in [0.25, 0.3) is 0 Å². The summed E-state index contributed by atoms with van der Waals surface area (Å²) in [5.74, 6) is -0.335. The number of nitrogens with zero attached hydrogens (tertiary/aromatic N) is 1. The van der Waals surface area contributed by atoms with Gasteiger partial charge < -0.3 is 0 Å². The fourth-order valence-electron chi connectivity index (χ4n) is 1.44. The molecule has 1 saturated carbocycles. The zero-order valence-electron chi connectivity index (χ0n) is 7.69. The van der Waals surface area contributed by atoms with Crippen LogP contribution in [-0.2, 0) is 14.8 Å². The van der Waals surface area contributed by atoms with Gasteiger partial charge in [0.15, 0.2) is 5.75 Å². The molecular weight excluding hydrogens is 204 g/mol. The Morgan fingerprint density at radius 1 is 1.43 bits per heavy atom. The van der Waals surface area contributed by atoms with E-state index in [1.165, 1.54) is 0 Å². The van der Waals surface area contributed by atoms with Gasteiger partial charge in [-0.25, -0.2) is 13.1 Å². The van der Waals surface area contributed by atoms with Crippen LogP contribution in [0, 0.1) is 11.3 Å². The summed E-state index contributed by atoms with van der Waals surface area (Å²) in [4.78, 5) is 10.9. The Labute approximate surface area is 83.2 Å². The number of rotatable bonds is 3. The van der Waals surface area contributed by atoms with Crippen molar-refractivity contribution in [3.63, 3.8) is 0 Å². The molecule has 14 heavy (non-hydrogen) atoms. The molecule has 0 radical (unpaired) electrons. The third-order valence-corrected chi connectivity index (χ3v) is 3.35. The molecule has 0 bridgehead atoms. The first-order valence-electron chi connectivity index (χ1n) is 4.42. The summed E-state index contributed by atoms with van der Waals surface area (Å²) in [6, 6.07) is 1.41. The van der Waals surface area contributed by atoms with E-state index in [2.05, 4.69) is 4.72 Å². The molecule has 0 aromatic heterocycles. The van der Waals surface area contributed by atoms with Gasteiger partial charge in [0.2, 0.25) is 10.0 Å². The maximum absolute atomic E-state index is 11.2. The Morgan fingerprint density at radius 2 is 2.00 bits per heavy atom. The van der Waals surface area contributed by atoms with Gasteiger partial charge in [-0.2, -0.15) is 5.26 Å². The van der Waals surface area contributed by atoms with Gasteiger partial charge in [0.1, 0.15) is 5.78 Å². The van der Waals surface area contributed by atoms with Crippen molar-refractivity contribution < 1.29 is 13.2 Å². The lowest BCUT2D eigenvalue weighted by Gasteiger charge is -2.21. The molecule has 1 N–H and O–H groups in total. The van der Waals surface area contributed by atoms with Gasteiger partial charge in [0.25, 0.3) is 0 Å². The molecule has 0 aliphatic heterocycles. The fraction of sp³-hybridized carbons (Fsp3) is 0.750. The SMILES string of the molecule is N#CCS(=O)(=O)NC1CCC(=O)CC1. The van der Waals surface area contributed by atoms with Crippen LogP contribution in [0.3, 0.4) is 0 Å². The van der Waals surface area contributed by atoms with E-state index in [0.717, 1.165) is 0 Å². The number of carbonyl (C=O) groups is 1. The van der Waals surface area contributed by atoms with Crippen molar-refractivity contribution in [3.05, 3.63) is 0 Å². The summed E-state index contributed by atoms with van der Waals surface area (Å²) in [6.45, 7) is 0. The van der Waals surface area contributed by atoms with Crippen LogP contribution in [-0.4, -0.2) is 26.0 Å². The van der Waals surface area contributed by atoms with Gasteiger partial charge >= 0.3 is 0 Å². The highest BCUT2D eigenvalue weighted by Crippen LogP contribution is 2.15. The zero-order valence-corrected chi connectivity index (χ0v) is 8.51. The Hall–Kier alpha value is -0.930. The van der Waals surface area contributed by atoms with Crippen molar-refractivity contribution in [3.8, 4) is 6.07 Å². The van der Waals surface area contributed by atoms with Gasteiger partial charge in [-0.3, -0.25) is 4.79 Å². The monoisotopic (exact) mass is 216 g/mol. The number of ketones is 1. The third kappa shape index (κ3) is 3.44. The predicted molar refractivity (Wildman–Crippen MR) is 49.8 cm³/mol. The Bertz CT molecular complexity index is 345. The second-order valence-corrected chi connectivity index (χ2v) is 5.10. The van der Waals surface area contributed by atoms with E-state index < -0.39 is 15.8 Å². The lowest BCUT2D eigenvalue weighted by molar-refractivity contribution is -0.120. The molecule has 5 nitrogen and oxygen atoms in total. The quantitative estimate of drug-likeness (QED) is 0.716. The van der Waals surface area contributed by atoms with Gasteiger partial charge in [-0.05, 0) is 12.8 Å². The standard InChI is InChI=1S/C8H12N2O3S/c9-5-6-14(12,13)10-7-1-3-8(11)4-2-7/h7,10H,1-4,6H2. The number of sulfonamides is 1. The van der Waals surface area contributed by atoms with Crippen molar-refractivity contribution >= 4 is 15.8 Å². The van der Waals surface area contributed by atoms with Crippen LogP contribution < -0.4 is 4.72 Å². The number of nitriles is 1. The molecule has 1 aliphatic rings. The smallest absolute Gasteiger partial charge is 0.225 e. The number of nitrogens with one attached hydrogen (secondary N) is 1. The average Bonchev–Trinajstić information content (AvgIpc) is 2.08. The Balaban J connectivity index is 2.46. The fourth-order valence-corrected chi connectivity index (χ4v) is 2.44. The van der Waals surface area contributed by atoms with Crippen molar-refractivity contribution in [2.45, 2.75) is 31.7 Å². The second-order valence-electron chi connectivity index (χ2n) is 3.35. The highest BCUT2D eigenvalue weighted by atomic mass is 32.2. The molecule has 78 valence electrons. The number of hydrogen-bond donors (Lipinski definition) is 1. The summed E-state index contributed by atoms with van der Waals surface area (Å²) in [5.41, 5.74) is 0. The third-order valence-electron chi connectivity index (χ3n) is 2.14. The molecule has 0 amide bonds. The molecule has 1 fully saturated rings. The largest absolute Gasteiger partial charge is 0.300 e. The van der Waals surface area contributed by atoms with Crippen molar-refractivity contribution in [1.29, 1.82) is 5.26 Å². The highest BCUT2D eigenvalue weighted by Gasteiger charge is 2.22. The van der Waals surface area contributed by atoms with Crippen molar-refractivity contribution in [2.24, 2.45) is 0 Å². The first kappa shape index (κ1) is 11.1. The zero-order chi connectivity index (χ0) is 10.6. The van der Waals surface area contributed by atoms with Gasteiger partial charge in [0.05, 0.1) is 6.07 Å². The molecule has 0 aromatic rings. The van der Waals surface area contributed by atoms with Crippen molar-refractivity contribution in [1.82, 2.24) is 4.72 Å². The highest BCUT2D eigenvalue weighted by molar-refractivity contribution is 7.89. The topological polar surface area (TPSA) is 87.0 Å².